The fraction of sp³-hybridized carbons (Fsp3) is 0.667. The van der Waals surface area contributed by atoms with Crippen molar-refractivity contribution in [3.63, 3.8) is 0 Å². The molecule has 1 aromatic heterocycles. The standard InChI is InChI=1S/C12H20N4O3S/c1-2-5-13-12-14-7-11(8-15-12)20(18,19)16-6-3-4-10(16)9-17/h7-8,10,17H,2-6,9H2,1H3,(H,13,14,15). The van der Waals surface area contributed by atoms with E-state index in [2.05, 4.69) is 15.3 Å². The second-order valence-electron chi connectivity index (χ2n) is 4.76. The monoisotopic (exact) mass is 300 g/mol. The van der Waals surface area contributed by atoms with E-state index in [4.69, 9.17) is 0 Å². The van der Waals surface area contributed by atoms with E-state index in [1.807, 2.05) is 6.92 Å². The zero-order valence-corrected chi connectivity index (χ0v) is 12.3. The van der Waals surface area contributed by atoms with E-state index in [1.54, 1.807) is 0 Å². The van der Waals surface area contributed by atoms with E-state index in [0.717, 1.165) is 19.4 Å². The maximum Gasteiger partial charge on any atom is 0.246 e. The smallest absolute Gasteiger partial charge is 0.246 e. The van der Waals surface area contributed by atoms with Crippen molar-refractivity contribution in [3.05, 3.63) is 12.4 Å². The summed E-state index contributed by atoms with van der Waals surface area (Å²) >= 11 is 0. The average Bonchev–Trinajstić information content (AvgIpc) is 2.95. The van der Waals surface area contributed by atoms with Crippen molar-refractivity contribution >= 4 is 16.0 Å². The summed E-state index contributed by atoms with van der Waals surface area (Å²) < 4.78 is 26.2. The fourth-order valence-corrected chi connectivity index (χ4v) is 3.80. The fourth-order valence-electron chi connectivity index (χ4n) is 2.22. The molecular formula is C12H20N4O3S. The van der Waals surface area contributed by atoms with Gasteiger partial charge in [-0.05, 0) is 19.3 Å². The summed E-state index contributed by atoms with van der Waals surface area (Å²) in [6, 6.07) is -0.335. The Hall–Kier alpha value is -1.25. The largest absolute Gasteiger partial charge is 0.395 e. The molecule has 0 aliphatic carbocycles. The number of aliphatic hydroxyl groups is 1. The van der Waals surface area contributed by atoms with Gasteiger partial charge < -0.3 is 10.4 Å². The molecule has 2 rings (SSSR count). The van der Waals surface area contributed by atoms with E-state index < -0.39 is 10.0 Å². The maximum atomic E-state index is 12.4. The van der Waals surface area contributed by atoms with Gasteiger partial charge in [-0.3, -0.25) is 0 Å². The van der Waals surface area contributed by atoms with Crippen LogP contribution in [0, 0.1) is 0 Å². The molecule has 2 heterocycles. The highest BCUT2D eigenvalue weighted by molar-refractivity contribution is 7.89. The van der Waals surface area contributed by atoms with Crippen molar-refractivity contribution in [2.24, 2.45) is 0 Å². The first-order valence-corrected chi connectivity index (χ1v) is 8.22. The number of nitrogens with one attached hydrogen (secondary N) is 1. The first-order chi connectivity index (χ1) is 9.59. The highest BCUT2D eigenvalue weighted by Crippen LogP contribution is 2.25. The number of aromatic nitrogens is 2. The van der Waals surface area contributed by atoms with Gasteiger partial charge in [0, 0.05) is 19.1 Å². The molecule has 20 heavy (non-hydrogen) atoms. The molecule has 1 aliphatic heterocycles. The third-order valence-corrected chi connectivity index (χ3v) is 5.21. The molecule has 112 valence electrons. The lowest BCUT2D eigenvalue weighted by Gasteiger charge is -2.22. The summed E-state index contributed by atoms with van der Waals surface area (Å²) in [6.45, 7) is 3.04. The normalized spacial score (nSPS) is 20.2. The van der Waals surface area contributed by atoms with Crippen molar-refractivity contribution in [2.75, 3.05) is 25.0 Å². The molecule has 1 fully saturated rings. The van der Waals surface area contributed by atoms with Crippen LogP contribution in [-0.2, 0) is 10.0 Å². The van der Waals surface area contributed by atoms with Crippen LogP contribution < -0.4 is 5.32 Å². The Balaban J connectivity index is 2.17. The van der Waals surface area contributed by atoms with Gasteiger partial charge in [-0.15, -0.1) is 0 Å². The summed E-state index contributed by atoms with van der Waals surface area (Å²) in [5.41, 5.74) is 0. The van der Waals surface area contributed by atoms with Gasteiger partial charge >= 0.3 is 0 Å². The van der Waals surface area contributed by atoms with Gasteiger partial charge in [-0.25, -0.2) is 18.4 Å². The summed E-state index contributed by atoms with van der Waals surface area (Å²) in [5.74, 6) is 0.422. The molecule has 0 aromatic carbocycles. The van der Waals surface area contributed by atoms with Crippen molar-refractivity contribution in [3.8, 4) is 0 Å². The van der Waals surface area contributed by atoms with Crippen LogP contribution in [0.5, 0.6) is 0 Å². The first-order valence-electron chi connectivity index (χ1n) is 6.78. The lowest BCUT2D eigenvalue weighted by atomic mass is 10.2. The molecule has 1 saturated heterocycles. The van der Waals surface area contributed by atoms with Crippen LogP contribution in [-0.4, -0.2) is 53.5 Å². The highest BCUT2D eigenvalue weighted by Gasteiger charge is 2.35. The number of anilines is 1. The number of hydrogen-bond donors (Lipinski definition) is 2. The summed E-state index contributed by atoms with van der Waals surface area (Å²) in [4.78, 5) is 8.10. The number of sulfonamides is 1. The molecule has 0 bridgehead atoms. The molecule has 7 nitrogen and oxygen atoms in total. The number of aliphatic hydroxyl groups excluding tert-OH is 1. The van der Waals surface area contributed by atoms with Gasteiger partial charge in [-0.2, -0.15) is 4.31 Å². The van der Waals surface area contributed by atoms with Gasteiger partial charge in [0.05, 0.1) is 19.0 Å². The van der Waals surface area contributed by atoms with Gasteiger partial charge in [0.1, 0.15) is 4.90 Å². The Morgan fingerprint density at radius 2 is 2.15 bits per heavy atom. The topological polar surface area (TPSA) is 95.4 Å². The Kier molecular flexibility index (Phi) is 4.90. The predicted octanol–water partition coefficient (Wildman–Crippen LogP) is 0.444. The van der Waals surface area contributed by atoms with Crippen LogP contribution in [0.15, 0.2) is 17.3 Å². The number of rotatable bonds is 6. The zero-order valence-electron chi connectivity index (χ0n) is 11.5. The summed E-state index contributed by atoms with van der Waals surface area (Å²) in [5, 5.41) is 12.2. The lowest BCUT2D eigenvalue weighted by Crippen LogP contribution is -2.37. The minimum atomic E-state index is -3.62. The predicted molar refractivity (Wildman–Crippen MR) is 74.8 cm³/mol. The lowest BCUT2D eigenvalue weighted by molar-refractivity contribution is 0.213. The summed E-state index contributed by atoms with van der Waals surface area (Å²) in [6.07, 6.45) is 5.02. The van der Waals surface area contributed by atoms with Gasteiger partial charge in [0.25, 0.3) is 0 Å². The molecule has 1 aromatic rings. The first kappa shape index (κ1) is 15.1. The number of nitrogens with zero attached hydrogens (tertiary/aromatic N) is 3. The van der Waals surface area contributed by atoms with Crippen molar-refractivity contribution in [1.82, 2.24) is 14.3 Å². The van der Waals surface area contributed by atoms with Gasteiger partial charge in [0.15, 0.2) is 0 Å². The molecule has 1 unspecified atom stereocenters. The van der Waals surface area contributed by atoms with E-state index >= 15 is 0 Å². The Labute approximate surface area is 119 Å². The quantitative estimate of drug-likeness (QED) is 0.791. The molecule has 0 radical (unpaired) electrons. The van der Waals surface area contributed by atoms with E-state index in [9.17, 15) is 13.5 Å². The van der Waals surface area contributed by atoms with Crippen LogP contribution in [0.4, 0.5) is 5.95 Å². The third-order valence-electron chi connectivity index (χ3n) is 3.30. The maximum absolute atomic E-state index is 12.4. The number of hydrogen-bond acceptors (Lipinski definition) is 6. The van der Waals surface area contributed by atoms with Crippen LogP contribution in [0.2, 0.25) is 0 Å². The molecule has 1 aliphatic rings. The second kappa shape index (κ2) is 6.47. The molecule has 0 spiro atoms. The van der Waals surface area contributed by atoms with Crippen LogP contribution in [0.1, 0.15) is 26.2 Å². The van der Waals surface area contributed by atoms with E-state index in [-0.39, 0.29) is 17.5 Å². The van der Waals surface area contributed by atoms with Crippen LogP contribution in [0.25, 0.3) is 0 Å². The average molecular weight is 300 g/mol. The zero-order chi connectivity index (χ0) is 14.6. The Morgan fingerprint density at radius 1 is 1.45 bits per heavy atom. The van der Waals surface area contributed by atoms with Crippen LogP contribution in [0.3, 0.4) is 0 Å². The molecular weight excluding hydrogens is 280 g/mol. The second-order valence-corrected chi connectivity index (χ2v) is 6.65. The Morgan fingerprint density at radius 3 is 2.75 bits per heavy atom. The minimum Gasteiger partial charge on any atom is -0.395 e. The highest BCUT2D eigenvalue weighted by atomic mass is 32.2. The van der Waals surface area contributed by atoms with Crippen molar-refractivity contribution in [2.45, 2.75) is 37.1 Å². The minimum absolute atomic E-state index is 0.0694. The van der Waals surface area contributed by atoms with E-state index in [0.29, 0.717) is 18.9 Å². The molecule has 0 amide bonds. The van der Waals surface area contributed by atoms with Crippen molar-refractivity contribution in [1.29, 1.82) is 0 Å². The molecule has 2 N–H and O–H groups in total. The summed E-state index contributed by atoms with van der Waals surface area (Å²) in [7, 11) is -3.62. The molecule has 1 atom stereocenters. The Bertz CT molecular complexity index is 532. The SMILES string of the molecule is CCCNc1ncc(S(=O)(=O)N2CCCC2CO)cn1. The third kappa shape index (κ3) is 3.08. The van der Waals surface area contributed by atoms with E-state index in [1.165, 1.54) is 16.7 Å². The van der Waals surface area contributed by atoms with Gasteiger partial charge in [-0.1, -0.05) is 6.92 Å². The van der Waals surface area contributed by atoms with Gasteiger partial charge in [0.2, 0.25) is 16.0 Å². The molecule has 8 heteroatoms. The van der Waals surface area contributed by atoms with Crippen molar-refractivity contribution < 1.29 is 13.5 Å². The molecule has 0 saturated carbocycles. The van der Waals surface area contributed by atoms with Crippen LogP contribution >= 0.6 is 0 Å².